The van der Waals surface area contributed by atoms with Gasteiger partial charge in [0, 0.05) is 32.1 Å². The predicted octanol–water partition coefficient (Wildman–Crippen LogP) is 0.444. The summed E-state index contributed by atoms with van der Waals surface area (Å²) >= 11 is 0. The van der Waals surface area contributed by atoms with Gasteiger partial charge in [0.1, 0.15) is 17.9 Å². The third-order valence-electron chi connectivity index (χ3n) is 6.88. The molecule has 0 saturated carbocycles. The first-order valence-electron chi connectivity index (χ1n) is 11.8. The molecule has 0 spiro atoms. The number of hydrogen-bond donors (Lipinski definition) is 3. The smallest absolute Gasteiger partial charge is 0.243 e. The Kier molecular flexibility index (Phi) is 7.38. The van der Waals surface area contributed by atoms with E-state index in [0.29, 0.717) is 38.8 Å². The van der Waals surface area contributed by atoms with Gasteiger partial charge in [0.05, 0.1) is 6.54 Å². The lowest BCUT2D eigenvalue weighted by molar-refractivity contribution is -0.140. The summed E-state index contributed by atoms with van der Waals surface area (Å²) in [7, 11) is -4.01. The summed E-state index contributed by atoms with van der Waals surface area (Å²) in [6.45, 7) is 0.507. The number of amides is 4. The van der Waals surface area contributed by atoms with Crippen molar-refractivity contribution in [1.82, 2.24) is 20.4 Å². The zero-order chi connectivity index (χ0) is 24.3. The van der Waals surface area contributed by atoms with E-state index in [0.717, 1.165) is 5.56 Å². The fourth-order valence-electron chi connectivity index (χ4n) is 5.01. The van der Waals surface area contributed by atoms with Crippen LogP contribution in [0.15, 0.2) is 30.3 Å². The maximum Gasteiger partial charge on any atom is 0.243 e. The average Bonchev–Trinajstić information content (AvgIpc) is 3.51. The lowest BCUT2D eigenvalue weighted by Crippen LogP contribution is -2.52. The van der Waals surface area contributed by atoms with Crippen LogP contribution >= 0.6 is 7.37 Å². The highest BCUT2D eigenvalue weighted by atomic mass is 31.2. The van der Waals surface area contributed by atoms with E-state index < -0.39 is 37.0 Å². The number of nitrogens with zero attached hydrogens (tertiary/aromatic N) is 2. The molecule has 1 aromatic carbocycles. The van der Waals surface area contributed by atoms with E-state index in [2.05, 4.69) is 10.6 Å². The molecule has 1 aromatic rings. The zero-order valence-electron chi connectivity index (χ0n) is 19.0. The average molecular weight is 490 g/mol. The summed E-state index contributed by atoms with van der Waals surface area (Å²) in [5, 5.41) is 5.35. The molecule has 3 aliphatic rings. The van der Waals surface area contributed by atoms with Gasteiger partial charge in [-0.05, 0) is 31.2 Å². The second-order valence-corrected chi connectivity index (χ2v) is 11.7. The molecular weight excluding hydrogens is 459 g/mol. The van der Waals surface area contributed by atoms with E-state index >= 15 is 0 Å². The van der Waals surface area contributed by atoms with Crippen LogP contribution in [0.25, 0.3) is 0 Å². The van der Waals surface area contributed by atoms with Crippen LogP contribution < -0.4 is 10.6 Å². The number of benzene rings is 1. The van der Waals surface area contributed by atoms with Crippen LogP contribution in [0, 0.1) is 0 Å². The lowest BCUT2D eigenvalue weighted by atomic mass is 10.1. The fourth-order valence-corrected chi connectivity index (χ4v) is 6.65. The van der Waals surface area contributed by atoms with Crippen molar-refractivity contribution in [2.24, 2.45) is 0 Å². The van der Waals surface area contributed by atoms with Crippen molar-refractivity contribution in [3.8, 4) is 0 Å². The summed E-state index contributed by atoms with van der Waals surface area (Å²) in [5.74, 6) is -2.76. The standard InChI is InChI=1S/C23H31N4O6P/c28-20-10-13-34(32,33)19(14-16-6-2-1-3-7-16)25-23(31)18-9-5-12-27(18)21(29)15-24-22(30)17-8-4-11-26(17)20/h1-3,6-7,17-19H,4-5,8-15H2,(H,24,30)(H,25,31)(H,32,33)/t17-,18-,19-/m0/s1. The van der Waals surface area contributed by atoms with Crippen molar-refractivity contribution in [3.05, 3.63) is 35.9 Å². The first-order chi connectivity index (χ1) is 16.3. The third-order valence-corrected chi connectivity index (χ3v) is 9.03. The number of hydrogen-bond acceptors (Lipinski definition) is 5. The Morgan fingerprint density at radius 1 is 0.912 bits per heavy atom. The van der Waals surface area contributed by atoms with Crippen molar-refractivity contribution in [3.63, 3.8) is 0 Å². The van der Waals surface area contributed by atoms with Gasteiger partial charge < -0.3 is 25.3 Å². The molecule has 3 heterocycles. The molecule has 3 N–H and O–H groups in total. The quantitative estimate of drug-likeness (QED) is 0.515. The molecule has 3 fully saturated rings. The van der Waals surface area contributed by atoms with Gasteiger partial charge >= 0.3 is 0 Å². The van der Waals surface area contributed by atoms with Crippen molar-refractivity contribution >= 4 is 31.0 Å². The minimum Gasteiger partial charge on any atom is -0.345 e. The molecule has 184 valence electrons. The Labute approximate surface area is 198 Å². The highest BCUT2D eigenvalue weighted by Gasteiger charge is 2.41. The number of carbonyl (C=O) groups excluding carboxylic acids is 4. The molecule has 3 aliphatic heterocycles. The minimum atomic E-state index is -4.01. The normalized spacial score (nSPS) is 31.3. The molecule has 4 rings (SSSR count). The van der Waals surface area contributed by atoms with Crippen LogP contribution in [-0.4, -0.2) is 82.0 Å². The Morgan fingerprint density at radius 2 is 1.53 bits per heavy atom. The van der Waals surface area contributed by atoms with Gasteiger partial charge in [-0.1, -0.05) is 30.3 Å². The summed E-state index contributed by atoms with van der Waals surface area (Å²) in [6, 6.07) is 7.61. The van der Waals surface area contributed by atoms with Crippen molar-refractivity contribution in [2.45, 2.75) is 56.4 Å². The van der Waals surface area contributed by atoms with E-state index in [9.17, 15) is 28.6 Å². The first kappa shape index (κ1) is 24.4. The molecule has 0 radical (unpaired) electrons. The van der Waals surface area contributed by atoms with Gasteiger partial charge in [-0.25, -0.2) is 0 Å². The van der Waals surface area contributed by atoms with Gasteiger partial charge in [0.2, 0.25) is 31.0 Å². The molecule has 0 aliphatic carbocycles. The van der Waals surface area contributed by atoms with Gasteiger partial charge in [0.15, 0.2) is 0 Å². The van der Waals surface area contributed by atoms with Crippen molar-refractivity contribution in [2.75, 3.05) is 25.8 Å². The molecule has 10 nitrogen and oxygen atoms in total. The van der Waals surface area contributed by atoms with E-state index in [1.54, 1.807) is 0 Å². The van der Waals surface area contributed by atoms with Crippen LogP contribution in [0.5, 0.6) is 0 Å². The Morgan fingerprint density at radius 3 is 2.21 bits per heavy atom. The topological polar surface area (TPSA) is 136 Å². The van der Waals surface area contributed by atoms with E-state index in [1.165, 1.54) is 9.80 Å². The molecule has 4 amide bonds. The minimum absolute atomic E-state index is 0.127. The highest BCUT2D eigenvalue weighted by Crippen LogP contribution is 2.47. The van der Waals surface area contributed by atoms with Crippen LogP contribution in [0.4, 0.5) is 0 Å². The summed E-state index contributed by atoms with van der Waals surface area (Å²) in [4.78, 5) is 65.4. The SMILES string of the molecule is O=C1NCC(=O)N2CCC[C@H]2C(=O)N[C@H](Cc2ccccc2)P(=O)(O)CCC(=O)N2CCC[C@@H]12. The molecule has 0 aromatic heterocycles. The summed E-state index contributed by atoms with van der Waals surface area (Å²) in [6.07, 6.45) is 1.81. The molecule has 1 unspecified atom stereocenters. The Hall–Kier alpha value is -2.71. The van der Waals surface area contributed by atoms with Gasteiger partial charge in [-0.2, -0.15) is 0 Å². The largest absolute Gasteiger partial charge is 0.345 e. The van der Waals surface area contributed by atoms with Crippen LogP contribution in [0.3, 0.4) is 0 Å². The van der Waals surface area contributed by atoms with E-state index in [4.69, 9.17) is 0 Å². The van der Waals surface area contributed by atoms with E-state index in [-0.39, 0.29) is 37.4 Å². The Bertz CT molecular complexity index is 1000. The van der Waals surface area contributed by atoms with Gasteiger partial charge in [-0.3, -0.25) is 23.7 Å². The van der Waals surface area contributed by atoms with Crippen molar-refractivity contribution < 1.29 is 28.6 Å². The molecular formula is C23H31N4O6P. The van der Waals surface area contributed by atoms with Crippen LogP contribution in [0.1, 0.15) is 37.7 Å². The van der Waals surface area contributed by atoms with Gasteiger partial charge in [-0.15, -0.1) is 0 Å². The fraction of sp³-hybridized carbons (Fsp3) is 0.565. The first-order valence-corrected chi connectivity index (χ1v) is 13.7. The van der Waals surface area contributed by atoms with Crippen LogP contribution in [0.2, 0.25) is 0 Å². The number of carbonyl (C=O) groups is 4. The summed E-state index contributed by atoms with van der Waals surface area (Å²) < 4.78 is 13.4. The number of nitrogens with one attached hydrogen (secondary N) is 2. The molecule has 11 heteroatoms. The highest BCUT2D eigenvalue weighted by molar-refractivity contribution is 7.58. The molecule has 34 heavy (non-hydrogen) atoms. The maximum absolute atomic E-state index is 13.4. The van der Waals surface area contributed by atoms with E-state index in [1.807, 2.05) is 30.3 Å². The Balaban J connectivity index is 1.63. The second-order valence-electron chi connectivity index (χ2n) is 9.15. The third kappa shape index (κ3) is 5.33. The molecule has 0 bridgehead atoms. The second kappa shape index (κ2) is 10.3. The lowest BCUT2D eigenvalue weighted by Gasteiger charge is -2.29. The summed E-state index contributed by atoms with van der Waals surface area (Å²) in [5.41, 5.74) is 0.778. The van der Waals surface area contributed by atoms with Crippen LogP contribution in [-0.2, 0) is 30.2 Å². The van der Waals surface area contributed by atoms with Crippen molar-refractivity contribution in [1.29, 1.82) is 0 Å². The number of rotatable bonds is 2. The number of fused-ring (bicyclic) bond motifs is 2. The molecule has 3 saturated heterocycles. The monoisotopic (exact) mass is 490 g/mol. The molecule has 4 atom stereocenters. The zero-order valence-corrected chi connectivity index (χ0v) is 19.9. The maximum atomic E-state index is 13.4. The predicted molar refractivity (Wildman–Crippen MR) is 124 cm³/mol. The van der Waals surface area contributed by atoms with Gasteiger partial charge in [0.25, 0.3) is 0 Å².